The molecule has 0 aliphatic heterocycles. The quantitative estimate of drug-likeness (QED) is 0.608. The third-order valence-corrected chi connectivity index (χ3v) is 4.28. The van der Waals surface area contributed by atoms with Crippen molar-refractivity contribution in [3.8, 4) is 0 Å². The molecule has 0 radical (unpaired) electrons. The van der Waals surface area contributed by atoms with Crippen LogP contribution in [0.4, 0.5) is 23.1 Å². The molecule has 3 aromatic rings. The van der Waals surface area contributed by atoms with Crippen LogP contribution < -0.4 is 10.6 Å². The molecule has 2 aromatic carbocycles. The number of aryl methyl sites for hydroxylation is 1. The van der Waals surface area contributed by atoms with Gasteiger partial charge in [0.05, 0.1) is 18.9 Å². The molecule has 0 fully saturated rings. The Morgan fingerprint density at radius 2 is 1.89 bits per heavy atom. The summed E-state index contributed by atoms with van der Waals surface area (Å²) in [6.45, 7) is 6.33. The highest BCUT2D eigenvalue weighted by molar-refractivity contribution is 5.90. The van der Waals surface area contributed by atoms with Gasteiger partial charge in [0, 0.05) is 11.4 Å². The van der Waals surface area contributed by atoms with Gasteiger partial charge >= 0.3 is 5.97 Å². The van der Waals surface area contributed by atoms with Crippen molar-refractivity contribution in [2.24, 2.45) is 0 Å². The number of aromatic nitrogens is 3. The second kappa shape index (κ2) is 8.47. The van der Waals surface area contributed by atoms with Crippen molar-refractivity contribution >= 4 is 29.1 Å². The molecule has 0 aliphatic rings. The molecule has 2 N–H and O–H groups in total. The van der Waals surface area contributed by atoms with Crippen molar-refractivity contribution in [1.82, 2.24) is 15.2 Å². The van der Waals surface area contributed by atoms with Crippen LogP contribution in [0.25, 0.3) is 0 Å². The maximum absolute atomic E-state index is 11.7. The van der Waals surface area contributed by atoms with Gasteiger partial charge in [0.25, 0.3) is 0 Å². The van der Waals surface area contributed by atoms with Crippen LogP contribution in [0.1, 0.15) is 41.3 Å². The number of hydrogen-bond acceptors (Lipinski definition) is 7. The minimum absolute atomic E-state index is 0.359. The van der Waals surface area contributed by atoms with Crippen molar-refractivity contribution in [3.63, 3.8) is 0 Å². The summed E-state index contributed by atoms with van der Waals surface area (Å²) in [7, 11) is 1.35. The van der Waals surface area contributed by atoms with E-state index in [2.05, 4.69) is 45.7 Å². The van der Waals surface area contributed by atoms with Gasteiger partial charge in [-0.15, -0.1) is 5.10 Å². The number of ether oxygens (including phenoxy) is 1. The third kappa shape index (κ3) is 4.43. The van der Waals surface area contributed by atoms with E-state index in [0.717, 1.165) is 11.3 Å². The summed E-state index contributed by atoms with van der Waals surface area (Å²) in [5.41, 5.74) is 4.44. The number of para-hydroxylation sites is 1. The third-order valence-electron chi connectivity index (χ3n) is 4.28. The average molecular weight is 377 g/mol. The molecule has 0 saturated heterocycles. The van der Waals surface area contributed by atoms with E-state index < -0.39 is 5.97 Å². The van der Waals surface area contributed by atoms with Crippen molar-refractivity contribution < 1.29 is 9.53 Å². The van der Waals surface area contributed by atoms with Gasteiger partial charge in [-0.05, 0) is 42.2 Å². The number of nitrogens with one attached hydrogen (secondary N) is 2. The Balaban J connectivity index is 1.84. The number of anilines is 4. The number of benzene rings is 2. The zero-order chi connectivity index (χ0) is 20.1. The van der Waals surface area contributed by atoms with Crippen LogP contribution in [0.15, 0.2) is 48.7 Å². The summed E-state index contributed by atoms with van der Waals surface area (Å²) in [5, 5.41) is 14.5. The summed E-state index contributed by atoms with van der Waals surface area (Å²) < 4.78 is 4.75. The predicted octanol–water partition coefficient (Wildman–Crippen LogP) is 4.58. The van der Waals surface area contributed by atoms with Gasteiger partial charge in [-0.3, -0.25) is 0 Å². The van der Waals surface area contributed by atoms with Gasteiger partial charge in [0.15, 0.2) is 5.82 Å². The molecule has 3 rings (SSSR count). The van der Waals surface area contributed by atoms with Gasteiger partial charge in [-0.1, -0.05) is 38.1 Å². The van der Waals surface area contributed by atoms with Gasteiger partial charge in [-0.2, -0.15) is 10.1 Å². The molecule has 0 atom stereocenters. The van der Waals surface area contributed by atoms with E-state index in [-0.39, 0.29) is 0 Å². The smallest absolute Gasteiger partial charge is 0.337 e. The summed E-state index contributed by atoms with van der Waals surface area (Å²) >= 11 is 0. The minimum atomic E-state index is -0.396. The highest BCUT2D eigenvalue weighted by Gasteiger charge is 2.11. The first-order valence-corrected chi connectivity index (χ1v) is 8.99. The van der Waals surface area contributed by atoms with E-state index >= 15 is 0 Å². The van der Waals surface area contributed by atoms with Gasteiger partial charge in [-0.25, -0.2) is 4.79 Å². The summed E-state index contributed by atoms with van der Waals surface area (Å²) in [6.07, 6.45) is 1.53. The lowest BCUT2D eigenvalue weighted by molar-refractivity contribution is 0.0601. The Hall–Kier alpha value is -3.48. The van der Waals surface area contributed by atoms with Crippen LogP contribution in [0.3, 0.4) is 0 Å². The van der Waals surface area contributed by atoms with E-state index in [1.165, 1.54) is 18.9 Å². The number of carbonyl (C=O) groups is 1. The zero-order valence-electron chi connectivity index (χ0n) is 16.4. The van der Waals surface area contributed by atoms with Crippen molar-refractivity contribution in [2.75, 3.05) is 17.7 Å². The standard InChI is InChI=1S/C21H23N5O2/c1-13(2)17-10-5-7-14(3)19(17)25-21-24-18(12-22-26-21)23-16-9-6-8-15(11-16)20(27)28-4/h5-13H,1-4H3,(H2,23,24,25,26). The zero-order valence-corrected chi connectivity index (χ0v) is 16.4. The predicted molar refractivity (Wildman–Crippen MR) is 109 cm³/mol. The first kappa shape index (κ1) is 19.3. The maximum atomic E-state index is 11.7. The Morgan fingerprint density at radius 1 is 1.11 bits per heavy atom. The lowest BCUT2D eigenvalue weighted by atomic mass is 9.98. The van der Waals surface area contributed by atoms with Crippen molar-refractivity contribution in [1.29, 1.82) is 0 Å². The molecule has 7 nitrogen and oxygen atoms in total. The molecular formula is C21H23N5O2. The molecule has 7 heteroatoms. The first-order chi connectivity index (χ1) is 13.5. The van der Waals surface area contributed by atoms with E-state index in [0.29, 0.717) is 28.9 Å². The highest BCUT2D eigenvalue weighted by atomic mass is 16.5. The van der Waals surface area contributed by atoms with E-state index in [1.54, 1.807) is 18.2 Å². The fourth-order valence-corrected chi connectivity index (χ4v) is 2.86. The van der Waals surface area contributed by atoms with Crippen molar-refractivity contribution in [2.45, 2.75) is 26.7 Å². The van der Waals surface area contributed by atoms with Gasteiger partial charge < -0.3 is 15.4 Å². The Bertz CT molecular complexity index is 988. The van der Waals surface area contributed by atoms with E-state index in [9.17, 15) is 4.79 Å². The molecule has 0 spiro atoms. The minimum Gasteiger partial charge on any atom is -0.465 e. The SMILES string of the molecule is COC(=O)c1cccc(Nc2cnnc(Nc3c(C)cccc3C(C)C)n2)c1. The lowest BCUT2D eigenvalue weighted by Crippen LogP contribution is -2.06. The fraction of sp³-hybridized carbons (Fsp3) is 0.238. The molecular weight excluding hydrogens is 354 g/mol. The maximum Gasteiger partial charge on any atom is 0.337 e. The second-order valence-electron chi connectivity index (χ2n) is 6.68. The van der Waals surface area contributed by atoms with Gasteiger partial charge in [0.1, 0.15) is 0 Å². The molecule has 1 heterocycles. The summed E-state index contributed by atoms with van der Waals surface area (Å²) in [6, 6.07) is 13.2. The van der Waals surface area contributed by atoms with Crippen LogP contribution in [0.5, 0.6) is 0 Å². The normalized spacial score (nSPS) is 10.6. The number of nitrogens with zero attached hydrogens (tertiary/aromatic N) is 3. The number of methoxy groups -OCH3 is 1. The van der Waals surface area contributed by atoms with Crippen LogP contribution in [-0.2, 0) is 4.74 Å². The molecule has 0 amide bonds. The van der Waals surface area contributed by atoms with Crippen LogP contribution in [0, 0.1) is 6.92 Å². The number of hydrogen-bond donors (Lipinski definition) is 2. The molecule has 144 valence electrons. The Morgan fingerprint density at radius 3 is 2.64 bits per heavy atom. The highest BCUT2D eigenvalue weighted by Crippen LogP contribution is 2.29. The second-order valence-corrected chi connectivity index (χ2v) is 6.68. The lowest BCUT2D eigenvalue weighted by Gasteiger charge is -2.16. The number of esters is 1. The molecule has 1 aromatic heterocycles. The Labute approximate surface area is 164 Å². The molecule has 0 aliphatic carbocycles. The van der Waals surface area contributed by atoms with Crippen LogP contribution in [-0.4, -0.2) is 28.3 Å². The summed E-state index contributed by atoms with van der Waals surface area (Å²) in [5.74, 6) is 0.870. The van der Waals surface area contributed by atoms with E-state index in [1.807, 2.05) is 25.1 Å². The number of carbonyl (C=O) groups excluding carboxylic acids is 1. The Kier molecular flexibility index (Phi) is 5.84. The van der Waals surface area contributed by atoms with E-state index in [4.69, 9.17) is 4.74 Å². The monoisotopic (exact) mass is 377 g/mol. The van der Waals surface area contributed by atoms with Crippen molar-refractivity contribution in [3.05, 3.63) is 65.4 Å². The average Bonchev–Trinajstić information content (AvgIpc) is 2.69. The molecule has 28 heavy (non-hydrogen) atoms. The topological polar surface area (TPSA) is 89.0 Å². The van der Waals surface area contributed by atoms with Gasteiger partial charge in [0.2, 0.25) is 5.95 Å². The first-order valence-electron chi connectivity index (χ1n) is 8.99. The van der Waals surface area contributed by atoms with Crippen LogP contribution >= 0.6 is 0 Å². The molecule has 0 unspecified atom stereocenters. The molecule has 0 saturated carbocycles. The molecule has 0 bridgehead atoms. The summed E-state index contributed by atoms with van der Waals surface area (Å²) in [4.78, 5) is 16.2. The largest absolute Gasteiger partial charge is 0.465 e. The number of rotatable bonds is 6. The fourth-order valence-electron chi connectivity index (χ4n) is 2.86. The van der Waals surface area contributed by atoms with Crippen LogP contribution in [0.2, 0.25) is 0 Å².